The molecule has 0 spiro atoms. The first-order valence-electron chi connectivity index (χ1n) is 6.05. The van der Waals surface area contributed by atoms with Crippen molar-refractivity contribution in [1.29, 1.82) is 0 Å². The average Bonchev–Trinajstić information content (AvgIpc) is 2.64. The van der Waals surface area contributed by atoms with E-state index in [2.05, 4.69) is 0 Å². The molecule has 0 aliphatic carbocycles. The van der Waals surface area contributed by atoms with Crippen LogP contribution in [0.3, 0.4) is 0 Å². The smallest absolute Gasteiger partial charge is 0.336 e. The second-order valence-corrected chi connectivity index (χ2v) is 6.03. The zero-order valence-corrected chi connectivity index (χ0v) is 12.9. The molecular weight excluding hydrogens is 317 g/mol. The second kappa shape index (κ2) is 5.20. The molecule has 1 aliphatic heterocycles. The summed E-state index contributed by atoms with van der Waals surface area (Å²) in [5, 5.41) is 0.771. The molecule has 0 saturated carbocycles. The number of primary amides is 1. The van der Waals surface area contributed by atoms with Crippen molar-refractivity contribution in [1.82, 2.24) is 9.80 Å². The van der Waals surface area contributed by atoms with Crippen LogP contribution < -0.4 is 5.73 Å². The van der Waals surface area contributed by atoms with Crippen LogP contribution in [0.25, 0.3) is 0 Å². The monoisotopic (exact) mass is 329 g/mol. The summed E-state index contributed by atoms with van der Waals surface area (Å²) in [6, 6.07) is 3.05. The number of benzene rings is 1. The Balaban J connectivity index is 2.46. The molecule has 6 nitrogen and oxygen atoms in total. The Hall–Kier alpha value is -1.79. The van der Waals surface area contributed by atoms with Crippen LogP contribution in [0.15, 0.2) is 18.2 Å². The molecule has 1 fully saturated rings. The van der Waals surface area contributed by atoms with E-state index in [1.165, 1.54) is 0 Å². The van der Waals surface area contributed by atoms with Crippen LogP contribution in [0.2, 0.25) is 10.0 Å². The third-order valence-electron chi connectivity index (χ3n) is 3.36. The SMILES string of the molecule is CC(C)(c1cc(Cl)cc(Cl)c1)N1C(=O)CN(C(N)=O)C1=O. The van der Waals surface area contributed by atoms with Crippen molar-refractivity contribution in [2.75, 3.05) is 6.54 Å². The van der Waals surface area contributed by atoms with Crippen LogP contribution in [0.1, 0.15) is 19.4 Å². The third kappa shape index (κ3) is 2.69. The normalized spacial score (nSPS) is 15.8. The number of imide groups is 2. The molecule has 0 radical (unpaired) electrons. The van der Waals surface area contributed by atoms with Crippen molar-refractivity contribution >= 4 is 41.2 Å². The summed E-state index contributed by atoms with van der Waals surface area (Å²) in [4.78, 5) is 37.1. The van der Waals surface area contributed by atoms with Crippen molar-refractivity contribution in [2.45, 2.75) is 19.4 Å². The van der Waals surface area contributed by atoms with Crippen molar-refractivity contribution in [3.8, 4) is 0 Å². The quantitative estimate of drug-likeness (QED) is 0.846. The highest BCUT2D eigenvalue weighted by molar-refractivity contribution is 6.34. The number of rotatable bonds is 2. The fourth-order valence-electron chi connectivity index (χ4n) is 2.26. The number of hydrogen-bond donors (Lipinski definition) is 1. The molecule has 0 atom stereocenters. The first-order valence-corrected chi connectivity index (χ1v) is 6.80. The summed E-state index contributed by atoms with van der Waals surface area (Å²) < 4.78 is 0. The van der Waals surface area contributed by atoms with Gasteiger partial charge in [-0.25, -0.2) is 14.5 Å². The zero-order chi connectivity index (χ0) is 15.9. The standard InChI is InChI=1S/C13H13Cl2N3O3/c1-13(2,7-3-8(14)5-9(15)4-7)18-10(19)6-17(11(16)20)12(18)21/h3-5H,6H2,1-2H3,(H2,16,20). The molecule has 2 rings (SSSR count). The van der Waals surface area contributed by atoms with Gasteiger partial charge in [0.15, 0.2) is 0 Å². The zero-order valence-electron chi connectivity index (χ0n) is 11.4. The molecule has 112 valence electrons. The van der Waals surface area contributed by atoms with Crippen LogP contribution in [-0.2, 0) is 10.3 Å². The Morgan fingerprint density at radius 3 is 2.14 bits per heavy atom. The van der Waals surface area contributed by atoms with Gasteiger partial charge in [-0.3, -0.25) is 9.69 Å². The molecule has 2 N–H and O–H groups in total. The molecule has 1 saturated heterocycles. The van der Waals surface area contributed by atoms with Gasteiger partial charge in [0.25, 0.3) is 5.91 Å². The van der Waals surface area contributed by atoms with Gasteiger partial charge in [0.1, 0.15) is 6.54 Å². The Morgan fingerprint density at radius 1 is 1.19 bits per heavy atom. The van der Waals surface area contributed by atoms with Gasteiger partial charge in [-0.15, -0.1) is 0 Å². The lowest BCUT2D eigenvalue weighted by Crippen LogP contribution is -2.47. The second-order valence-electron chi connectivity index (χ2n) is 5.15. The molecule has 1 aromatic carbocycles. The van der Waals surface area contributed by atoms with Gasteiger partial charge in [-0.1, -0.05) is 23.2 Å². The minimum absolute atomic E-state index is 0.369. The van der Waals surface area contributed by atoms with E-state index in [1.807, 2.05) is 0 Å². The van der Waals surface area contributed by atoms with Crippen LogP contribution in [0.4, 0.5) is 9.59 Å². The number of nitrogens with zero attached hydrogens (tertiary/aromatic N) is 2. The minimum Gasteiger partial charge on any atom is -0.351 e. The predicted molar refractivity (Wildman–Crippen MR) is 78.0 cm³/mol. The van der Waals surface area contributed by atoms with E-state index >= 15 is 0 Å². The fourth-order valence-corrected chi connectivity index (χ4v) is 2.79. The lowest BCUT2D eigenvalue weighted by molar-refractivity contribution is -0.129. The summed E-state index contributed by atoms with van der Waals surface area (Å²) in [6.45, 7) is 2.95. The molecule has 0 unspecified atom stereocenters. The highest BCUT2D eigenvalue weighted by atomic mass is 35.5. The van der Waals surface area contributed by atoms with Gasteiger partial charge in [-0.05, 0) is 37.6 Å². The molecule has 1 heterocycles. The number of hydrogen-bond acceptors (Lipinski definition) is 3. The molecule has 0 bridgehead atoms. The van der Waals surface area contributed by atoms with Gasteiger partial charge < -0.3 is 5.73 Å². The van der Waals surface area contributed by atoms with E-state index < -0.39 is 23.5 Å². The van der Waals surface area contributed by atoms with E-state index in [0.29, 0.717) is 20.5 Å². The maximum absolute atomic E-state index is 12.2. The van der Waals surface area contributed by atoms with Crippen LogP contribution >= 0.6 is 23.2 Å². The fraction of sp³-hybridized carbons (Fsp3) is 0.308. The summed E-state index contributed by atoms with van der Waals surface area (Å²) >= 11 is 11.9. The van der Waals surface area contributed by atoms with E-state index in [9.17, 15) is 14.4 Å². The summed E-state index contributed by atoms with van der Waals surface area (Å²) in [5.41, 5.74) is 4.64. The first-order chi connectivity index (χ1) is 9.64. The van der Waals surface area contributed by atoms with Crippen LogP contribution in [0, 0.1) is 0 Å². The number of carbonyl (C=O) groups excluding carboxylic acids is 3. The topological polar surface area (TPSA) is 83.7 Å². The van der Waals surface area contributed by atoms with E-state index in [-0.39, 0.29) is 6.54 Å². The maximum Gasteiger partial charge on any atom is 0.336 e. The summed E-state index contributed by atoms with van der Waals surface area (Å²) in [7, 11) is 0. The number of urea groups is 2. The summed E-state index contributed by atoms with van der Waals surface area (Å²) in [6.07, 6.45) is 0. The van der Waals surface area contributed by atoms with Crippen molar-refractivity contribution in [3.63, 3.8) is 0 Å². The lowest BCUT2D eigenvalue weighted by atomic mass is 9.92. The lowest BCUT2D eigenvalue weighted by Gasteiger charge is -2.34. The van der Waals surface area contributed by atoms with Gasteiger partial charge in [0, 0.05) is 10.0 Å². The van der Waals surface area contributed by atoms with E-state index in [4.69, 9.17) is 28.9 Å². The molecule has 8 heteroatoms. The number of nitrogens with two attached hydrogens (primary N) is 1. The Kier molecular flexibility index (Phi) is 3.86. The number of amides is 5. The van der Waals surface area contributed by atoms with Crippen molar-refractivity contribution in [3.05, 3.63) is 33.8 Å². The van der Waals surface area contributed by atoms with Crippen molar-refractivity contribution in [2.24, 2.45) is 5.73 Å². The number of carbonyl (C=O) groups is 3. The maximum atomic E-state index is 12.2. The number of halogens is 2. The molecular formula is C13H13Cl2N3O3. The Morgan fingerprint density at radius 2 is 1.71 bits per heavy atom. The van der Waals surface area contributed by atoms with Gasteiger partial charge in [0.2, 0.25) is 0 Å². The van der Waals surface area contributed by atoms with Gasteiger partial charge in [-0.2, -0.15) is 0 Å². The Bertz CT molecular complexity index is 625. The molecule has 1 aliphatic rings. The minimum atomic E-state index is -1.02. The third-order valence-corrected chi connectivity index (χ3v) is 3.80. The highest BCUT2D eigenvalue weighted by Crippen LogP contribution is 2.34. The molecule has 5 amide bonds. The summed E-state index contributed by atoms with van der Waals surface area (Å²) in [5.74, 6) is -0.514. The van der Waals surface area contributed by atoms with E-state index in [1.54, 1.807) is 32.0 Å². The Labute approximate surface area is 131 Å². The first kappa shape index (κ1) is 15.6. The highest BCUT2D eigenvalue weighted by Gasteiger charge is 2.47. The molecule has 1 aromatic rings. The largest absolute Gasteiger partial charge is 0.351 e. The van der Waals surface area contributed by atoms with Gasteiger partial charge in [0.05, 0.1) is 5.54 Å². The molecule has 0 aromatic heterocycles. The van der Waals surface area contributed by atoms with Crippen LogP contribution in [0.5, 0.6) is 0 Å². The van der Waals surface area contributed by atoms with Crippen molar-refractivity contribution < 1.29 is 14.4 Å². The predicted octanol–water partition coefficient (Wildman–Crippen LogP) is 2.57. The van der Waals surface area contributed by atoms with Gasteiger partial charge >= 0.3 is 12.1 Å². The van der Waals surface area contributed by atoms with E-state index in [0.717, 1.165) is 4.90 Å². The molecule has 21 heavy (non-hydrogen) atoms. The van der Waals surface area contributed by atoms with Crippen LogP contribution in [-0.4, -0.2) is 34.3 Å². The average molecular weight is 330 g/mol.